The Bertz CT molecular complexity index is 740. The van der Waals surface area contributed by atoms with Gasteiger partial charge in [0.2, 0.25) is 0 Å². The van der Waals surface area contributed by atoms with Crippen molar-refractivity contribution >= 4 is 11.8 Å². The quantitative estimate of drug-likeness (QED) is 0.409. The first-order valence-electron chi connectivity index (χ1n) is 9.08. The Labute approximate surface area is 156 Å². The molecule has 0 aromatic heterocycles. The number of benzene rings is 1. The molecule has 0 aliphatic heterocycles. The van der Waals surface area contributed by atoms with Crippen LogP contribution in [0.4, 0.5) is 17.6 Å². The minimum absolute atomic E-state index is 0.0637. The van der Waals surface area contributed by atoms with Crippen LogP contribution in [-0.4, -0.2) is 18.4 Å². The Hall–Kier alpha value is -1.92. The lowest BCUT2D eigenvalue weighted by molar-refractivity contribution is -0.154. The molecule has 1 fully saturated rings. The highest BCUT2D eigenvalue weighted by Gasteiger charge is 2.45. The third-order valence-corrected chi connectivity index (χ3v) is 5.35. The van der Waals surface area contributed by atoms with Gasteiger partial charge in [0.05, 0.1) is 12.2 Å². The molecule has 7 heteroatoms. The van der Waals surface area contributed by atoms with E-state index in [2.05, 4.69) is 0 Å². The third-order valence-electron chi connectivity index (χ3n) is 5.35. The molecule has 0 saturated heterocycles. The summed E-state index contributed by atoms with van der Waals surface area (Å²) in [5.74, 6) is -4.39. The molecule has 0 bridgehead atoms. The monoisotopic (exact) mass is 388 g/mol. The Balaban J connectivity index is 2.55. The van der Waals surface area contributed by atoms with Crippen LogP contribution in [0.15, 0.2) is 6.07 Å². The second kappa shape index (κ2) is 7.98. The maximum absolute atomic E-state index is 14.9. The molecule has 1 aliphatic rings. The molecule has 0 heterocycles. The van der Waals surface area contributed by atoms with Crippen molar-refractivity contribution in [2.75, 3.05) is 6.61 Å². The van der Waals surface area contributed by atoms with Crippen molar-refractivity contribution in [1.29, 1.82) is 0 Å². The lowest BCUT2D eigenvalue weighted by Gasteiger charge is -2.36. The van der Waals surface area contributed by atoms with E-state index in [4.69, 9.17) is 4.74 Å². The maximum atomic E-state index is 14.9. The summed E-state index contributed by atoms with van der Waals surface area (Å²) in [6.07, 6.45) is -4.53. The Morgan fingerprint density at radius 3 is 2.37 bits per heavy atom. The topological polar surface area (TPSA) is 43.4 Å². The first kappa shape index (κ1) is 21.4. The fourth-order valence-electron chi connectivity index (χ4n) is 4.10. The van der Waals surface area contributed by atoms with Gasteiger partial charge in [-0.3, -0.25) is 9.59 Å². The highest BCUT2D eigenvalue weighted by Crippen LogP contribution is 2.47. The van der Waals surface area contributed by atoms with Crippen LogP contribution in [0.3, 0.4) is 0 Å². The molecular formula is C20H24F4O3. The van der Waals surface area contributed by atoms with Crippen molar-refractivity contribution in [1.82, 2.24) is 0 Å². The lowest BCUT2D eigenvalue weighted by Crippen LogP contribution is -2.37. The Morgan fingerprint density at radius 1 is 1.22 bits per heavy atom. The number of Topliss-reactive ketones (excluding diaryl/α,β-unsaturated/α-hetero) is 1. The molecule has 0 N–H and O–H groups in total. The zero-order valence-corrected chi connectivity index (χ0v) is 15.9. The highest BCUT2D eigenvalue weighted by molar-refractivity contribution is 6.00. The summed E-state index contributed by atoms with van der Waals surface area (Å²) in [5, 5.41) is 0. The van der Waals surface area contributed by atoms with Crippen molar-refractivity contribution in [2.24, 2.45) is 11.8 Å². The van der Waals surface area contributed by atoms with Crippen LogP contribution in [0.5, 0.6) is 0 Å². The summed E-state index contributed by atoms with van der Waals surface area (Å²) < 4.78 is 60.8. The molecule has 2 rings (SSSR count). The van der Waals surface area contributed by atoms with Crippen molar-refractivity contribution in [3.63, 3.8) is 0 Å². The number of ether oxygens (including phenoxy) is 1. The molecule has 1 saturated carbocycles. The molecule has 3 unspecified atom stereocenters. The number of hydrogen-bond acceptors (Lipinski definition) is 3. The van der Waals surface area contributed by atoms with Crippen molar-refractivity contribution in [2.45, 2.75) is 59.1 Å². The van der Waals surface area contributed by atoms with Gasteiger partial charge in [0.25, 0.3) is 0 Å². The number of alkyl halides is 3. The van der Waals surface area contributed by atoms with Gasteiger partial charge in [-0.05, 0) is 50.2 Å². The number of rotatable bonds is 4. The predicted molar refractivity (Wildman–Crippen MR) is 91.8 cm³/mol. The summed E-state index contributed by atoms with van der Waals surface area (Å²) in [7, 11) is 0. The fraction of sp³-hybridized carbons (Fsp3) is 0.600. The summed E-state index contributed by atoms with van der Waals surface area (Å²) in [6.45, 7) is 6.22. The molecule has 0 radical (unpaired) electrons. The standard InChI is InChI=1S/C20H24F4O3/c1-5-12-8-14(19(26)27-6-2)15(25)9-13(12)16-17(20(22,23)24)10(3)7-11(4)18(16)21/h7,12-14H,5-6,8-9H2,1-4H3. The van der Waals surface area contributed by atoms with Gasteiger partial charge in [-0.2, -0.15) is 13.2 Å². The van der Waals surface area contributed by atoms with E-state index in [-0.39, 0.29) is 30.6 Å². The van der Waals surface area contributed by atoms with E-state index >= 15 is 0 Å². The van der Waals surface area contributed by atoms with Crippen LogP contribution < -0.4 is 0 Å². The molecule has 1 aliphatic carbocycles. The van der Waals surface area contributed by atoms with Crippen LogP contribution in [-0.2, 0) is 20.5 Å². The molecule has 3 nitrogen and oxygen atoms in total. The van der Waals surface area contributed by atoms with Gasteiger partial charge in [-0.15, -0.1) is 0 Å². The van der Waals surface area contributed by atoms with Crippen LogP contribution in [0, 0.1) is 31.5 Å². The number of aryl methyl sites for hydroxylation is 2. The van der Waals surface area contributed by atoms with Gasteiger partial charge in [0.15, 0.2) is 0 Å². The van der Waals surface area contributed by atoms with E-state index in [1.165, 1.54) is 19.9 Å². The second-order valence-corrected chi connectivity index (χ2v) is 7.10. The van der Waals surface area contributed by atoms with Crippen molar-refractivity contribution < 1.29 is 31.9 Å². The number of carbonyl (C=O) groups is 2. The van der Waals surface area contributed by atoms with E-state index in [1.54, 1.807) is 13.8 Å². The van der Waals surface area contributed by atoms with Crippen LogP contribution in [0.25, 0.3) is 0 Å². The minimum atomic E-state index is -4.73. The maximum Gasteiger partial charge on any atom is 0.417 e. The highest BCUT2D eigenvalue weighted by atomic mass is 19.4. The average Bonchev–Trinajstić information content (AvgIpc) is 2.56. The van der Waals surface area contributed by atoms with Gasteiger partial charge < -0.3 is 4.74 Å². The van der Waals surface area contributed by atoms with Gasteiger partial charge in [0.1, 0.15) is 17.5 Å². The summed E-state index contributed by atoms with van der Waals surface area (Å²) in [6, 6.07) is 1.18. The number of esters is 1. The largest absolute Gasteiger partial charge is 0.465 e. The molecule has 0 spiro atoms. The number of hydrogen-bond donors (Lipinski definition) is 0. The smallest absolute Gasteiger partial charge is 0.417 e. The first-order valence-corrected chi connectivity index (χ1v) is 9.08. The second-order valence-electron chi connectivity index (χ2n) is 7.10. The summed E-state index contributed by atoms with van der Waals surface area (Å²) in [5.41, 5.74) is -1.39. The average molecular weight is 388 g/mol. The van der Waals surface area contributed by atoms with E-state index < -0.39 is 52.6 Å². The van der Waals surface area contributed by atoms with Crippen molar-refractivity contribution in [3.8, 4) is 0 Å². The van der Waals surface area contributed by atoms with Gasteiger partial charge >= 0.3 is 12.1 Å². The first-order chi connectivity index (χ1) is 12.5. The van der Waals surface area contributed by atoms with Crippen molar-refractivity contribution in [3.05, 3.63) is 34.1 Å². The third kappa shape index (κ3) is 4.17. The van der Waals surface area contributed by atoms with Gasteiger partial charge in [-0.25, -0.2) is 4.39 Å². The van der Waals surface area contributed by atoms with E-state index in [1.807, 2.05) is 0 Å². The normalized spacial score (nSPS) is 23.4. The predicted octanol–water partition coefficient (Wildman–Crippen LogP) is 5.11. The minimum Gasteiger partial charge on any atom is -0.465 e. The number of carbonyl (C=O) groups excluding carboxylic acids is 2. The van der Waals surface area contributed by atoms with Gasteiger partial charge in [-0.1, -0.05) is 19.4 Å². The van der Waals surface area contributed by atoms with E-state index in [9.17, 15) is 27.2 Å². The summed E-state index contributed by atoms with van der Waals surface area (Å²) in [4.78, 5) is 24.5. The van der Waals surface area contributed by atoms with Crippen LogP contribution in [0.1, 0.15) is 61.3 Å². The SMILES string of the molecule is CCOC(=O)C1CC(CC)C(c2c(F)c(C)cc(C)c2C(F)(F)F)CC1=O. The molecule has 150 valence electrons. The molecule has 27 heavy (non-hydrogen) atoms. The Kier molecular flexibility index (Phi) is 6.32. The van der Waals surface area contributed by atoms with Crippen LogP contribution >= 0.6 is 0 Å². The molecule has 3 atom stereocenters. The van der Waals surface area contributed by atoms with E-state index in [0.29, 0.717) is 6.42 Å². The summed E-state index contributed by atoms with van der Waals surface area (Å²) >= 11 is 0. The number of ketones is 1. The zero-order chi connectivity index (χ0) is 20.5. The molecule has 1 aromatic carbocycles. The Morgan fingerprint density at radius 2 is 1.85 bits per heavy atom. The molecule has 0 amide bonds. The molecule has 1 aromatic rings. The van der Waals surface area contributed by atoms with Gasteiger partial charge in [0, 0.05) is 12.0 Å². The lowest BCUT2D eigenvalue weighted by atomic mass is 9.68. The van der Waals surface area contributed by atoms with E-state index in [0.717, 1.165) is 0 Å². The fourth-order valence-corrected chi connectivity index (χ4v) is 4.10. The van der Waals surface area contributed by atoms with Crippen LogP contribution in [0.2, 0.25) is 0 Å². The molecular weight excluding hydrogens is 364 g/mol. The zero-order valence-electron chi connectivity index (χ0n) is 15.9. The number of halogens is 4.